The molecule has 1 spiro atoms. The normalized spacial score (nSPS) is 17.4. The summed E-state index contributed by atoms with van der Waals surface area (Å²) in [6.45, 7) is 2.60. The number of aryl methyl sites for hydroxylation is 1. The number of hydrazine groups is 2. The third-order valence-corrected chi connectivity index (χ3v) is 10.9. The number of carbonyl (C=O) groups is 3. The molecule has 13 heteroatoms. The Labute approximate surface area is 330 Å². The number of nitriles is 1. The summed E-state index contributed by atoms with van der Waals surface area (Å²) in [5.74, 6) is -0.578. The second-order valence-electron chi connectivity index (χ2n) is 14.7. The topological polar surface area (TPSA) is 171 Å². The lowest BCUT2D eigenvalue weighted by molar-refractivity contribution is -0.124. The molecule has 2 aliphatic carbocycles. The Morgan fingerprint density at radius 3 is 2.40 bits per heavy atom. The summed E-state index contributed by atoms with van der Waals surface area (Å²) in [6, 6.07) is 29.6. The number of nitrogens with one attached hydrogen (secondary N) is 4. The number of ketones is 1. The highest BCUT2D eigenvalue weighted by Gasteiger charge is 2.49. The average molecular weight is 763 g/mol. The predicted octanol–water partition coefficient (Wildman–Crippen LogP) is 7.23. The van der Waals surface area contributed by atoms with E-state index in [1.807, 2.05) is 66.4 Å². The van der Waals surface area contributed by atoms with E-state index < -0.39 is 11.3 Å². The van der Waals surface area contributed by atoms with Crippen molar-refractivity contribution in [2.24, 2.45) is 10.4 Å². The van der Waals surface area contributed by atoms with Crippen molar-refractivity contribution in [1.29, 1.82) is 5.26 Å². The number of hydrogen-bond acceptors (Lipinski definition) is 11. The Balaban J connectivity index is 1.01. The first kappa shape index (κ1) is 36.9. The number of carbonyl (C=O) groups excluding carboxylic acids is 3. The van der Waals surface area contributed by atoms with E-state index in [4.69, 9.17) is 9.73 Å². The number of phenolic OH excluding ortho intramolecular Hbond substituents is 1. The zero-order valence-corrected chi connectivity index (χ0v) is 31.5. The number of aromatic hydroxyl groups is 1. The lowest BCUT2D eigenvalue weighted by Crippen LogP contribution is -2.48. The average Bonchev–Trinajstić information content (AvgIpc) is 3.64. The molecule has 13 nitrogen and oxygen atoms in total. The van der Waals surface area contributed by atoms with Crippen molar-refractivity contribution in [3.05, 3.63) is 119 Å². The van der Waals surface area contributed by atoms with Crippen molar-refractivity contribution in [3.8, 4) is 17.6 Å². The predicted molar refractivity (Wildman–Crippen MR) is 219 cm³/mol. The van der Waals surface area contributed by atoms with E-state index in [1.54, 1.807) is 41.5 Å². The molecule has 288 valence electrons. The zero-order chi connectivity index (χ0) is 39.5. The Kier molecular flexibility index (Phi) is 10.1. The van der Waals surface area contributed by atoms with Gasteiger partial charge in [0.2, 0.25) is 5.91 Å². The lowest BCUT2D eigenvalue weighted by atomic mass is 9.62. The van der Waals surface area contributed by atoms with Gasteiger partial charge in [0.25, 0.3) is 5.91 Å². The Bertz CT molecular complexity index is 2360. The number of fused-ring (bicyclic) bond motifs is 2. The maximum absolute atomic E-state index is 14.3. The lowest BCUT2D eigenvalue weighted by Gasteiger charge is -2.43. The number of nitrogens with zero attached hydrogens (tertiary/aromatic N) is 4. The van der Waals surface area contributed by atoms with Crippen LogP contribution in [0.3, 0.4) is 0 Å². The van der Waals surface area contributed by atoms with Crippen LogP contribution in [0.5, 0.6) is 11.5 Å². The van der Waals surface area contributed by atoms with Crippen LogP contribution >= 0.6 is 0 Å². The van der Waals surface area contributed by atoms with Gasteiger partial charge in [-0.1, -0.05) is 49.6 Å². The van der Waals surface area contributed by atoms with Crippen LogP contribution in [-0.4, -0.2) is 48.1 Å². The molecule has 1 fully saturated rings. The van der Waals surface area contributed by atoms with Crippen molar-refractivity contribution in [2.45, 2.75) is 45.4 Å². The molecule has 57 heavy (non-hydrogen) atoms. The van der Waals surface area contributed by atoms with Gasteiger partial charge in [0.15, 0.2) is 5.78 Å². The monoisotopic (exact) mass is 762 g/mol. The molecule has 4 aromatic rings. The van der Waals surface area contributed by atoms with Crippen molar-refractivity contribution in [2.75, 3.05) is 45.9 Å². The van der Waals surface area contributed by atoms with Crippen molar-refractivity contribution >= 4 is 57.4 Å². The summed E-state index contributed by atoms with van der Waals surface area (Å²) < 4.78 is 5.98. The molecule has 2 heterocycles. The molecule has 0 bridgehead atoms. The smallest absolute Gasteiger partial charge is 0.259 e. The number of phenols is 1. The largest absolute Gasteiger partial charge is 0.505 e. The molecule has 4 aliphatic rings. The van der Waals surface area contributed by atoms with Crippen LogP contribution in [0.2, 0.25) is 0 Å². The maximum atomic E-state index is 14.3. The van der Waals surface area contributed by atoms with Crippen LogP contribution in [0, 0.1) is 23.7 Å². The summed E-state index contributed by atoms with van der Waals surface area (Å²) in [5.41, 5.74) is 12.0. The first-order chi connectivity index (χ1) is 27.7. The summed E-state index contributed by atoms with van der Waals surface area (Å²) >= 11 is 0. The number of Topliss-reactive ketones (excluding diaryl/α,β-unsaturated/α-hetero) is 1. The molecule has 1 saturated carbocycles. The molecule has 0 atom stereocenters. The van der Waals surface area contributed by atoms with Crippen LogP contribution in [0.1, 0.15) is 44.1 Å². The van der Waals surface area contributed by atoms with Crippen LogP contribution in [0.25, 0.3) is 0 Å². The summed E-state index contributed by atoms with van der Waals surface area (Å²) in [7, 11) is 0. The van der Waals surface area contributed by atoms with Crippen LogP contribution in [0.4, 0.5) is 34.1 Å². The Morgan fingerprint density at radius 2 is 1.70 bits per heavy atom. The van der Waals surface area contributed by atoms with Gasteiger partial charge in [0, 0.05) is 34.9 Å². The minimum Gasteiger partial charge on any atom is -0.505 e. The van der Waals surface area contributed by atoms with Gasteiger partial charge >= 0.3 is 0 Å². The number of benzene rings is 4. The van der Waals surface area contributed by atoms with Crippen LogP contribution in [0.15, 0.2) is 119 Å². The molecule has 0 unspecified atom stereocenters. The number of hydrogen-bond donors (Lipinski definition) is 5. The summed E-state index contributed by atoms with van der Waals surface area (Å²) in [5, 5.41) is 27.9. The third kappa shape index (κ3) is 7.49. The summed E-state index contributed by atoms with van der Waals surface area (Å²) in [4.78, 5) is 48.0. The van der Waals surface area contributed by atoms with E-state index in [2.05, 4.69) is 27.6 Å². The van der Waals surface area contributed by atoms with Gasteiger partial charge in [-0.25, -0.2) is 4.99 Å². The number of aliphatic imine (C=N–C) groups is 1. The highest BCUT2D eigenvalue weighted by Crippen LogP contribution is 2.50. The van der Waals surface area contributed by atoms with E-state index in [-0.39, 0.29) is 42.6 Å². The molecule has 5 N–H and O–H groups in total. The van der Waals surface area contributed by atoms with Gasteiger partial charge in [-0.15, -0.1) is 0 Å². The number of amides is 2. The summed E-state index contributed by atoms with van der Waals surface area (Å²) in [6.07, 6.45) is 5.86. The molecule has 0 saturated heterocycles. The molecule has 2 aliphatic heterocycles. The second-order valence-corrected chi connectivity index (χ2v) is 14.7. The Morgan fingerprint density at radius 1 is 0.982 bits per heavy atom. The van der Waals surface area contributed by atoms with Crippen LogP contribution in [-0.2, 0) is 14.4 Å². The minimum atomic E-state index is -0.657. The van der Waals surface area contributed by atoms with Gasteiger partial charge < -0.3 is 25.4 Å². The molecule has 4 aromatic carbocycles. The van der Waals surface area contributed by atoms with Crippen molar-refractivity contribution < 1.29 is 24.2 Å². The minimum absolute atomic E-state index is 0.0206. The van der Waals surface area contributed by atoms with Gasteiger partial charge in [-0.2, -0.15) is 10.4 Å². The van der Waals surface area contributed by atoms with E-state index in [1.165, 1.54) is 6.08 Å². The highest BCUT2D eigenvalue weighted by atomic mass is 16.5. The molecule has 0 aromatic heterocycles. The SMILES string of the molecule is Cc1ccccc1NC(=O)C1=CC(=Nc2ccc(N(CC#N)CCOc3ccc(N4Nc5ccccc5N4)c(O)c3)cc2)C2=C(C1=O)C1(CCCCC1)CC(=O)N2. The van der Waals surface area contributed by atoms with E-state index in [0.717, 1.165) is 41.9 Å². The molecule has 8 rings (SSSR count). The first-order valence-electron chi connectivity index (χ1n) is 19.1. The van der Waals surface area contributed by atoms with E-state index in [9.17, 15) is 24.8 Å². The number of rotatable bonds is 10. The fourth-order valence-corrected chi connectivity index (χ4v) is 8.06. The van der Waals surface area contributed by atoms with Gasteiger partial charge in [-0.3, -0.25) is 25.2 Å². The second kappa shape index (κ2) is 15.6. The quantitative estimate of drug-likeness (QED) is 0.0631. The molecular weight excluding hydrogens is 721 g/mol. The molecular formula is C44H42N8O5. The highest BCUT2D eigenvalue weighted by molar-refractivity contribution is 6.37. The number of ether oxygens (including phenoxy) is 1. The van der Waals surface area contributed by atoms with Gasteiger partial charge in [-0.05, 0) is 86.0 Å². The van der Waals surface area contributed by atoms with Gasteiger partial charge in [0.05, 0.1) is 46.7 Å². The number of allylic oxidation sites excluding steroid dienone is 2. The van der Waals surface area contributed by atoms with Gasteiger partial charge in [0.1, 0.15) is 30.3 Å². The maximum Gasteiger partial charge on any atom is 0.259 e. The number of para-hydroxylation sites is 3. The van der Waals surface area contributed by atoms with E-state index >= 15 is 0 Å². The molecule has 2 amide bonds. The van der Waals surface area contributed by atoms with Crippen molar-refractivity contribution in [3.63, 3.8) is 0 Å². The fourth-order valence-electron chi connectivity index (χ4n) is 8.06. The number of anilines is 5. The third-order valence-electron chi connectivity index (χ3n) is 10.9. The van der Waals surface area contributed by atoms with Crippen molar-refractivity contribution in [1.82, 2.24) is 5.32 Å². The zero-order valence-electron chi connectivity index (χ0n) is 31.5. The Hall–Kier alpha value is -7.07. The van der Waals surface area contributed by atoms with Crippen LogP contribution < -0.4 is 36.2 Å². The van der Waals surface area contributed by atoms with E-state index in [0.29, 0.717) is 59.2 Å². The standard InChI is InChI=1S/C44H42N8O5/c1-28-9-3-4-10-33(28)47-43(56)32-26-36(41-40(42(32)55)44(27-39(54)48-41)19-7-2-8-20-44)46-29-13-15-30(16-14-29)51(22-21-45)23-24-57-31-17-18-37(38(53)25-31)52-49-34-11-5-6-12-35(34)50-52/h3-6,9-18,25-26,49-50,53H,2,7-8,19-20,22-24,27H2,1H3,(H,47,56)(H,48,54). The first-order valence-corrected chi connectivity index (χ1v) is 19.1. The molecule has 0 radical (unpaired) electrons. The fraction of sp³-hybridized carbons (Fsp3) is 0.250.